The highest BCUT2D eigenvalue weighted by Gasteiger charge is 2.22. The van der Waals surface area contributed by atoms with Gasteiger partial charge in [0.25, 0.3) is 0 Å². The molecular formula is C114H70N10O2. The maximum absolute atomic E-state index is 6.22. The van der Waals surface area contributed by atoms with Crippen molar-refractivity contribution >= 4 is 99.2 Å². The number of para-hydroxylation sites is 3. The molecule has 12 heteroatoms. The Balaban J connectivity index is 0.479. The van der Waals surface area contributed by atoms with Crippen LogP contribution in [0.1, 0.15) is 24.0 Å². The summed E-state index contributed by atoms with van der Waals surface area (Å²) in [6.07, 6.45) is 6.52. The van der Waals surface area contributed by atoms with Crippen LogP contribution in [0.3, 0.4) is 0 Å². The monoisotopic (exact) mass is 1610 g/mol. The minimum atomic E-state index is 0.573. The quantitative estimate of drug-likeness (QED) is 0.0897. The fourth-order valence-electron chi connectivity index (χ4n) is 17.7. The van der Waals surface area contributed by atoms with Gasteiger partial charge in [-0.2, -0.15) is 0 Å². The van der Waals surface area contributed by atoms with E-state index in [2.05, 4.69) is 309 Å². The van der Waals surface area contributed by atoms with Crippen LogP contribution in [0.5, 0.6) is 0 Å². The van der Waals surface area contributed by atoms with E-state index >= 15 is 0 Å². The Labute approximate surface area is 723 Å². The molecule has 588 valence electrons. The molecule has 0 unspecified atom stereocenters. The van der Waals surface area contributed by atoms with Gasteiger partial charge < -0.3 is 8.83 Å². The molecule has 0 atom stereocenters. The molecule has 6 aromatic heterocycles. The van der Waals surface area contributed by atoms with E-state index in [9.17, 15) is 0 Å². The number of allylic oxidation sites excluding steroid dienone is 4. The second kappa shape index (κ2) is 30.6. The number of furan rings is 2. The lowest BCUT2D eigenvalue weighted by Crippen LogP contribution is -2.00. The van der Waals surface area contributed by atoms with Crippen LogP contribution in [0.2, 0.25) is 0 Å². The van der Waals surface area contributed by atoms with Crippen molar-refractivity contribution in [3.05, 3.63) is 412 Å². The van der Waals surface area contributed by atoms with Crippen molar-refractivity contribution in [1.29, 1.82) is 0 Å². The van der Waals surface area contributed by atoms with Crippen molar-refractivity contribution in [3.8, 4) is 146 Å². The molecule has 1 aliphatic rings. The molecule has 1 aliphatic carbocycles. The van der Waals surface area contributed by atoms with Gasteiger partial charge in [0, 0.05) is 72.6 Å². The molecule has 0 spiro atoms. The summed E-state index contributed by atoms with van der Waals surface area (Å²) in [7, 11) is 0. The van der Waals surface area contributed by atoms with E-state index in [4.69, 9.17) is 58.7 Å². The third-order valence-corrected chi connectivity index (χ3v) is 24.3. The standard InChI is InChI=1S/C114H70N10O2/c1-3-17-69(18-4-1)70-41-49-78(50-42-70)112-122-113(80-55-47-74(48-56-80)81-21-11-24-84(59-81)86-26-13-27-87(61-86)89-57-58-97-99(64-89)117-102-67-106-95(65-100(102)115-97)93-31-7-9-35-104(93)125-106)124-114(123-112)91-30-15-23-83(63-91)73-39-37-71(38-40-73)72-43-51-77(52-44-72)110-119-109(76-19-5-2-6-20-76)120-111(121-110)79-53-45-75(46-54-79)82-22-12-25-85(60-82)88-28-14-29-90(62-88)92-33-16-34-98-108(92)118-101-66-96-94-32-8-10-36-105(94)126-107(96)68-103(101)116-98/h1-11,13-24,26-68H,12,25H2. The SMILES string of the molecule is C1=C(c2ccc(-c3nc(-c4ccccc4)nc(-c4ccc(-c5ccc(-c6cccc(-c7nc(-c8ccc(-c9ccccc9)cc8)nc(-c8ccc(-c9cccc(-c%10cccc(-c%11ccc%12nc%13cc%14c(cc%13nc%12c%11)oc%11ccccc%11%14)c%10)c9)cc8)n7)c6)cc5)cc4)n3)cc2)C=C(c2cccc(-c3cccc4nc5cc6oc7ccccc7c6cc5nc34)c2)CC1. The molecule has 0 amide bonds. The van der Waals surface area contributed by atoms with Crippen molar-refractivity contribution in [2.24, 2.45) is 0 Å². The van der Waals surface area contributed by atoms with E-state index in [0.29, 0.717) is 34.9 Å². The summed E-state index contributed by atoms with van der Waals surface area (Å²) in [5, 5.41) is 4.22. The van der Waals surface area contributed by atoms with Gasteiger partial charge in [-0.3, -0.25) is 0 Å². The zero-order valence-corrected chi connectivity index (χ0v) is 67.8. The number of benzene rings is 17. The molecule has 0 aliphatic heterocycles. The summed E-state index contributed by atoms with van der Waals surface area (Å²) in [5.41, 5.74) is 35.2. The van der Waals surface area contributed by atoms with Crippen molar-refractivity contribution in [1.82, 2.24) is 49.8 Å². The molecule has 17 aromatic carbocycles. The molecule has 0 fully saturated rings. The Bertz CT molecular complexity index is 8360. The van der Waals surface area contributed by atoms with E-state index in [1.165, 1.54) is 16.7 Å². The summed E-state index contributed by atoms with van der Waals surface area (Å²) in [6, 6.07) is 135. The zero-order chi connectivity index (χ0) is 83.1. The molecule has 0 N–H and O–H groups in total. The Morgan fingerprint density at radius 2 is 0.508 bits per heavy atom. The maximum atomic E-state index is 6.22. The Hall–Kier alpha value is -17.0. The second-order valence-electron chi connectivity index (χ2n) is 32.1. The molecule has 126 heavy (non-hydrogen) atoms. The fraction of sp³-hybridized carbons (Fsp3) is 0.0175. The molecule has 0 saturated carbocycles. The van der Waals surface area contributed by atoms with Crippen molar-refractivity contribution < 1.29 is 8.83 Å². The summed E-state index contributed by atoms with van der Waals surface area (Å²) < 4.78 is 12.4. The molecule has 0 saturated heterocycles. The number of fused-ring (bicyclic) bond motifs is 10. The first-order valence-electron chi connectivity index (χ1n) is 42.3. The van der Waals surface area contributed by atoms with Gasteiger partial charge in [0.2, 0.25) is 0 Å². The van der Waals surface area contributed by atoms with Crippen LogP contribution in [0, 0.1) is 0 Å². The average molecular weight is 1610 g/mol. The largest absolute Gasteiger partial charge is 0.456 e. The third-order valence-electron chi connectivity index (χ3n) is 24.3. The van der Waals surface area contributed by atoms with Crippen LogP contribution in [-0.2, 0) is 0 Å². The van der Waals surface area contributed by atoms with Gasteiger partial charge in [-0.05, 0) is 174 Å². The molecule has 0 bridgehead atoms. The molecular weight excluding hydrogens is 1540 g/mol. The smallest absolute Gasteiger partial charge is 0.164 e. The molecule has 0 radical (unpaired) electrons. The highest BCUT2D eigenvalue weighted by molar-refractivity contribution is 6.11. The van der Waals surface area contributed by atoms with E-state index in [1.807, 2.05) is 91.0 Å². The van der Waals surface area contributed by atoms with Crippen LogP contribution in [0.25, 0.3) is 245 Å². The van der Waals surface area contributed by atoms with Gasteiger partial charge in [-0.25, -0.2) is 49.8 Å². The highest BCUT2D eigenvalue weighted by atomic mass is 16.3. The minimum absolute atomic E-state index is 0.573. The number of hydrogen-bond acceptors (Lipinski definition) is 12. The van der Waals surface area contributed by atoms with E-state index in [1.54, 1.807) is 0 Å². The normalized spacial score (nSPS) is 12.3. The lowest BCUT2D eigenvalue weighted by atomic mass is 9.89. The van der Waals surface area contributed by atoms with Crippen LogP contribution >= 0.6 is 0 Å². The lowest BCUT2D eigenvalue weighted by molar-refractivity contribution is 0.669. The number of hydrogen-bond donors (Lipinski definition) is 0. The summed E-state index contributed by atoms with van der Waals surface area (Å²) in [5.74, 6) is 3.52. The lowest BCUT2D eigenvalue weighted by Gasteiger charge is -2.16. The Morgan fingerprint density at radius 3 is 1.02 bits per heavy atom. The fourth-order valence-corrected chi connectivity index (χ4v) is 17.7. The number of aromatic nitrogens is 10. The zero-order valence-electron chi connectivity index (χ0n) is 67.8. The van der Waals surface area contributed by atoms with Crippen molar-refractivity contribution in [2.75, 3.05) is 0 Å². The number of nitrogens with zero attached hydrogens (tertiary/aromatic N) is 10. The molecule has 6 heterocycles. The summed E-state index contributed by atoms with van der Waals surface area (Å²) in [6.45, 7) is 0. The van der Waals surface area contributed by atoms with Crippen LogP contribution in [0.15, 0.2) is 409 Å². The van der Waals surface area contributed by atoms with Gasteiger partial charge in [0.15, 0.2) is 34.9 Å². The van der Waals surface area contributed by atoms with E-state index < -0.39 is 0 Å². The Kier molecular flexibility index (Phi) is 17.7. The first-order chi connectivity index (χ1) is 62.3. The maximum Gasteiger partial charge on any atom is 0.164 e. The minimum Gasteiger partial charge on any atom is -0.456 e. The predicted molar refractivity (Wildman–Crippen MR) is 511 cm³/mol. The van der Waals surface area contributed by atoms with Gasteiger partial charge in [0.1, 0.15) is 22.3 Å². The second-order valence-corrected chi connectivity index (χ2v) is 32.1. The predicted octanol–water partition coefficient (Wildman–Crippen LogP) is 29.0. The summed E-state index contributed by atoms with van der Waals surface area (Å²) >= 11 is 0. The average Bonchev–Trinajstić information content (AvgIpc) is 1.55. The van der Waals surface area contributed by atoms with Gasteiger partial charge in [-0.1, -0.05) is 322 Å². The number of rotatable bonds is 15. The van der Waals surface area contributed by atoms with E-state index in [0.717, 1.165) is 218 Å². The van der Waals surface area contributed by atoms with Gasteiger partial charge >= 0.3 is 0 Å². The van der Waals surface area contributed by atoms with Crippen LogP contribution in [-0.4, -0.2) is 49.8 Å². The van der Waals surface area contributed by atoms with Crippen molar-refractivity contribution in [3.63, 3.8) is 0 Å². The Morgan fingerprint density at radius 1 is 0.183 bits per heavy atom. The van der Waals surface area contributed by atoms with Crippen LogP contribution < -0.4 is 0 Å². The first-order valence-corrected chi connectivity index (χ1v) is 42.3. The molecule has 23 aromatic rings. The molecule has 24 rings (SSSR count). The topological polar surface area (TPSA) is 155 Å². The highest BCUT2D eigenvalue weighted by Crippen LogP contribution is 2.42. The molecule has 12 nitrogen and oxygen atoms in total. The van der Waals surface area contributed by atoms with Gasteiger partial charge in [0.05, 0.1) is 44.1 Å². The van der Waals surface area contributed by atoms with Gasteiger partial charge in [-0.15, -0.1) is 0 Å². The van der Waals surface area contributed by atoms with Crippen LogP contribution in [0.4, 0.5) is 0 Å². The third kappa shape index (κ3) is 13.7. The summed E-state index contributed by atoms with van der Waals surface area (Å²) in [4.78, 5) is 51.7. The van der Waals surface area contributed by atoms with E-state index in [-0.39, 0.29) is 0 Å². The first kappa shape index (κ1) is 73.0. The van der Waals surface area contributed by atoms with Crippen molar-refractivity contribution in [2.45, 2.75) is 12.8 Å².